The van der Waals surface area contributed by atoms with Crippen LogP contribution in [0.3, 0.4) is 0 Å². The monoisotopic (exact) mass is 272 g/mol. The standard InChI is InChI=1S/C7H5ClN6O2S/c1-13-7(10-11-12-13)17-6-4(14(15)16)2-3-5(8)9-6/h2-3H,1H3. The quantitative estimate of drug-likeness (QED) is 0.472. The van der Waals surface area contributed by atoms with E-state index in [-0.39, 0.29) is 15.9 Å². The van der Waals surface area contributed by atoms with Crippen LogP contribution in [0.25, 0.3) is 0 Å². The second kappa shape index (κ2) is 4.63. The Morgan fingerprint density at radius 1 is 1.53 bits per heavy atom. The van der Waals surface area contributed by atoms with Crippen LogP contribution in [0.5, 0.6) is 0 Å². The third kappa shape index (κ3) is 2.50. The molecule has 0 aliphatic rings. The highest BCUT2D eigenvalue weighted by molar-refractivity contribution is 7.99. The highest BCUT2D eigenvalue weighted by Gasteiger charge is 2.19. The van der Waals surface area contributed by atoms with Gasteiger partial charge in [-0.1, -0.05) is 11.6 Å². The van der Waals surface area contributed by atoms with Crippen LogP contribution < -0.4 is 0 Å². The molecule has 88 valence electrons. The van der Waals surface area contributed by atoms with Gasteiger partial charge in [0.1, 0.15) is 5.15 Å². The Bertz CT molecular complexity index is 573. The van der Waals surface area contributed by atoms with Crippen molar-refractivity contribution in [1.82, 2.24) is 25.2 Å². The lowest BCUT2D eigenvalue weighted by Crippen LogP contribution is -1.97. The average molecular weight is 273 g/mol. The molecular formula is C7H5ClN6O2S. The molecular weight excluding hydrogens is 268 g/mol. The second-order valence-corrected chi connectivity index (χ2v) is 4.25. The van der Waals surface area contributed by atoms with Crippen molar-refractivity contribution in [2.45, 2.75) is 10.2 Å². The molecule has 0 fully saturated rings. The molecule has 0 aliphatic carbocycles. The topological polar surface area (TPSA) is 99.6 Å². The fourth-order valence-electron chi connectivity index (χ4n) is 1.02. The van der Waals surface area contributed by atoms with Crippen molar-refractivity contribution in [2.75, 3.05) is 0 Å². The van der Waals surface area contributed by atoms with Gasteiger partial charge in [0.15, 0.2) is 5.03 Å². The number of aryl methyl sites for hydroxylation is 1. The number of pyridine rings is 1. The van der Waals surface area contributed by atoms with E-state index in [4.69, 9.17) is 11.6 Å². The zero-order valence-electron chi connectivity index (χ0n) is 8.44. The number of nitrogens with zero attached hydrogens (tertiary/aromatic N) is 6. The number of halogens is 1. The van der Waals surface area contributed by atoms with Crippen LogP contribution in [0.2, 0.25) is 5.15 Å². The molecule has 0 saturated carbocycles. The van der Waals surface area contributed by atoms with Crippen molar-refractivity contribution in [3.8, 4) is 0 Å². The Morgan fingerprint density at radius 2 is 2.29 bits per heavy atom. The molecule has 0 spiro atoms. The van der Waals surface area contributed by atoms with Crippen molar-refractivity contribution >= 4 is 29.1 Å². The first kappa shape index (κ1) is 11.7. The lowest BCUT2D eigenvalue weighted by atomic mass is 10.4. The number of hydrogen-bond acceptors (Lipinski definition) is 7. The van der Waals surface area contributed by atoms with Crippen molar-refractivity contribution < 1.29 is 4.92 Å². The first-order valence-electron chi connectivity index (χ1n) is 4.29. The third-order valence-corrected chi connectivity index (χ3v) is 3.00. The van der Waals surface area contributed by atoms with Gasteiger partial charge in [0.05, 0.1) is 4.92 Å². The molecule has 0 unspecified atom stereocenters. The molecule has 0 radical (unpaired) electrons. The number of aromatic nitrogens is 5. The molecule has 2 aromatic rings. The second-order valence-electron chi connectivity index (χ2n) is 2.90. The average Bonchev–Trinajstić information content (AvgIpc) is 2.64. The Morgan fingerprint density at radius 3 is 2.88 bits per heavy atom. The maximum atomic E-state index is 10.8. The molecule has 0 bridgehead atoms. The molecule has 0 amide bonds. The largest absolute Gasteiger partial charge is 0.301 e. The Kier molecular flexibility index (Phi) is 3.20. The van der Waals surface area contributed by atoms with Crippen molar-refractivity contribution in [1.29, 1.82) is 0 Å². The van der Waals surface area contributed by atoms with Crippen LogP contribution in [0.4, 0.5) is 5.69 Å². The summed E-state index contributed by atoms with van der Waals surface area (Å²) in [5.74, 6) is 0. The van der Waals surface area contributed by atoms with E-state index in [1.165, 1.54) is 16.8 Å². The molecule has 0 aliphatic heterocycles. The fourth-order valence-corrected chi connectivity index (χ4v) is 2.03. The van der Waals surface area contributed by atoms with E-state index >= 15 is 0 Å². The molecule has 0 N–H and O–H groups in total. The van der Waals surface area contributed by atoms with E-state index < -0.39 is 4.92 Å². The summed E-state index contributed by atoms with van der Waals surface area (Å²) in [6, 6.07) is 2.65. The van der Waals surface area contributed by atoms with E-state index in [2.05, 4.69) is 20.5 Å². The minimum Gasteiger partial charge on any atom is -0.258 e. The summed E-state index contributed by atoms with van der Waals surface area (Å²) in [5.41, 5.74) is -0.137. The van der Waals surface area contributed by atoms with Crippen LogP contribution in [0, 0.1) is 10.1 Å². The lowest BCUT2D eigenvalue weighted by molar-refractivity contribution is -0.388. The molecule has 2 rings (SSSR count). The number of rotatable bonds is 3. The molecule has 2 aromatic heterocycles. The highest BCUT2D eigenvalue weighted by Crippen LogP contribution is 2.32. The summed E-state index contributed by atoms with van der Waals surface area (Å²) in [4.78, 5) is 14.2. The smallest absolute Gasteiger partial charge is 0.258 e. The van der Waals surface area contributed by atoms with Gasteiger partial charge in [0.25, 0.3) is 0 Å². The van der Waals surface area contributed by atoms with Crippen LogP contribution in [-0.4, -0.2) is 30.1 Å². The van der Waals surface area contributed by atoms with Gasteiger partial charge in [-0.2, -0.15) is 0 Å². The molecule has 0 saturated heterocycles. The van der Waals surface area contributed by atoms with Crippen LogP contribution in [0.1, 0.15) is 0 Å². The summed E-state index contributed by atoms with van der Waals surface area (Å²) in [7, 11) is 1.62. The van der Waals surface area contributed by atoms with Gasteiger partial charge in [-0.3, -0.25) is 10.1 Å². The third-order valence-electron chi connectivity index (χ3n) is 1.77. The molecule has 10 heteroatoms. The zero-order chi connectivity index (χ0) is 12.4. The Hall–Kier alpha value is -1.74. The summed E-state index contributed by atoms with van der Waals surface area (Å²) in [6.45, 7) is 0. The van der Waals surface area contributed by atoms with Gasteiger partial charge in [-0.05, 0) is 28.3 Å². The van der Waals surface area contributed by atoms with Gasteiger partial charge < -0.3 is 0 Å². The Balaban J connectivity index is 2.41. The summed E-state index contributed by atoms with van der Waals surface area (Å²) >= 11 is 6.68. The van der Waals surface area contributed by atoms with Crippen molar-refractivity contribution in [3.05, 3.63) is 27.4 Å². The lowest BCUT2D eigenvalue weighted by Gasteiger charge is -2.00. The normalized spacial score (nSPS) is 10.5. The predicted molar refractivity (Wildman–Crippen MR) is 58.8 cm³/mol. The highest BCUT2D eigenvalue weighted by atomic mass is 35.5. The molecule has 17 heavy (non-hydrogen) atoms. The first-order valence-corrected chi connectivity index (χ1v) is 5.48. The number of hydrogen-bond donors (Lipinski definition) is 0. The van der Waals surface area contributed by atoms with Gasteiger partial charge in [0, 0.05) is 13.1 Å². The predicted octanol–water partition coefficient (Wildman–Crippen LogP) is 1.32. The summed E-state index contributed by atoms with van der Waals surface area (Å²) < 4.78 is 1.39. The maximum absolute atomic E-state index is 10.8. The molecule has 8 nitrogen and oxygen atoms in total. The number of nitro groups is 1. The van der Waals surface area contributed by atoms with E-state index in [1.807, 2.05) is 0 Å². The van der Waals surface area contributed by atoms with Crippen molar-refractivity contribution in [3.63, 3.8) is 0 Å². The number of tetrazole rings is 1. The van der Waals surface area contributed by atoms with Crippen LogP contribution >= 0.6 is 23.4 Å². The molecule has 0 aromatic carbocycles. The maximum Gasteiger partial charge on any atom is 0.301 e. The van der Waals surface area contributed by atoms with Crippen molar-refractivity contribution in [2.24, 2.45) is 7.05 Å². The molecule has 0 atom stereocenters. The van der Waals surface area contributed by atoms with Crippen LogP contribution in [-0.2, 0) is 7.05 Å². The van der Waals surface area contributed by atoms with Gasteiger partial charge in [-0.25, -0.2) is 9.67 Å². The van der Waals surface area contributed by atoms with Gasteiger partial charge >= 0.3 is 5.69 Å². The van der Waals surface area contributed by atoms with E-state index in [1.54, 1.807) is 7.05 Å². The van der Waals surface area contributed by atoms with Gasteiger partial charge in [-0.15, -0.1) is 5.10 Å². The summed E-state index contributed by atoms with van der Waals surface area (Å²) in [6.07, 6.45) is 0. The minimum absolute atomic E-state index is 0.137. The van der Waals surface area contributed by atoms with Gasteiger partial charge in [0.2, 0.25) is 5.16 Å². The summed E-state index contributed by atoms with van der Waals surface area (Å²) in [5, 5.41) is 22.3. The van der Waals surface area contributed by atoms with E-state index in [9.17, 15) is 10.1 Å². The SMILES string of the molecule is Cn1nnnc1Sc1nc(Cl)ccc1[N+](=O)[O-]. The van der Waals surface area contributed by atoms with Crippen LogP contribution in [0.15, 0.2) is 22.3 Å². The molecule has 2 heterocycles. The minimum atomic E-state index is -0.532. The van der Waals surface area contributed by atoms with E-state index in [0.717, 1.165) is 11.8 Å². The Labute approximate surface area is 104 Å². The van der Waals surface area contributed by atoms with E-state index in [0.29, 0.717) is 5.16 Å². The first-order chi connectivity index (χ1) is 8.08. The fraction of sp³-hybridized carbons (Fsp3) is 0.143. The zero-order valence-corrected chi connectivity index (χ0v) is 10.0.